The number of carbonyl (C=O) groups is 2. The van der Waals surface area contributed by atoms with Gasteiger partial charge in [0.15, 0.2) is 0 Å². The van der Waals surface area contributed by atoms with Gasteiger partial charge in [-0.05, 0) is 90.2 Å². The molecule has 0 aliphatic heterocycles. The summed E-state index contributed by atoms with van der Waals surface area (Å²) in [6.07, 6.45) is 0.180. The van der Waals surface area contributed by atoms with E-state index in [9.17, 15) is 18.0 Å². The fraction of sp³-hybridized carbons (Fsp3) is 0.500. The number of carboxylic acid groups (broad SMARTS) is 1. The molecule has 2 bridgehead atoms. The molecule has 2 aromatic carbocycles. The van der Waals surface area contributed by atoms with E-state index in [0.29, 0.717) is 11.0 Å². The lowest BCUT2D eigenvalue weighted by atomic mass is 9.43. The van der Waals surface area contributed by atoms with Crippen LogP contribution in [0.4, 0.5) is 13.2 Å². The summed E-state index contributed by atoms with van der Waals surface area (Å²) in [5, 5.41) is 7.12. The molecule has 5 rings (SSSR count). The summed E-state index contributed by atoms with van der Waals surface area (Å²) in [6.45, 7) is 8.18. The van der Waals surface area contributed by atoms with Crippen LogP contribution in [0.2, 0.25) is 0 Å². The van der Waals surface area contributed by atoms with Gasteiger partial charge in [0.2, 0.25) is 5.91 Å². The number of hydrogen-bond acceptors (Lipinski definition) is 3. The predicted octanol–water partition coefficient (Wildman–Crippen LogP) is 6.56. The molecule has 0 spiro atoms. The van der Waals surface area contributed by atoms with Gasteiger partial charge in [-0.15, -0.1) is 0 Å². The molecule has 1 amide bonds. The molecule has 3 aliphatic carbocycles. The smallest absolute Gasteiger partial charge is 0.490 e. The van der Waals surface area contributed by atoms with Crippen LogP contribution in [0.3, 0.4) is 0 Å². The van der Waals surface area contributed by atoms with Gasteiger partial charge >= 0.3 is 12.1 Å². The number of rotatable bonds is 7. The van der Waals surface area contributed by atoms with Crippen molar-refractivity contribution in [3.8, 4) is 16.9 Å². The zero-order chi connectivity index (χ0) is 26.7. The minimum Gasteiger partial charge on any atom is -0.494 e. The molecular formula is C28H34F3NO4. The average molecular weight is 506 g/mol. The number of alkyl halides is 3. The molecule has 0 unspecified atom stereocenters. The maximum atomic E-state index is 11.4. The highest BCUT2D eigenvalue weighted by Gasteiger charge is 2.55. The second-order valence-corrected chi connectivity index (χ2v) is 10.5. The van der Waals surface area contributed by atoms with Crippen molar-refractivity contribution in [1.29, 1.82) is 0 Å². The van der Waals surface area contributed by atoms with E-state index in [4.69, 9.17) is 20.4 Å². The predicted molar refractivity (Wildman–Crippen MR) is 131 cm³/mol. The van der Waals surface area contributed by atoms with E-state index in [1.165, 1.54) is 19.3 Å². The third kappa shape index (κ3) is 6.39. The van der Waals surface area contributed by atoms with Gasteiger partial charge < -0.3 is 15.6 Å². The molecule has 36 heavy (non-hydrogen) atoms. The Balaban J connectivity index is 0.000000454. The number of benzene rings is 2. The number of hydrogen-bond donors (Lipinski definition) is 2. The van der Waals surface area contributed by atoms with Gasteiger partial charge in [0.05, 0.1) is 6.61 Å². The minimum absolute atomic E-state index is 0.403. The molecule has 0 heterocycles. The monoisotopic (exact) mass is 505 g/mol. The van der Waals surface area contributed by atoms with Gasteiger partial charge in [-0.1, -0.05) is 45.0 Å². The molecule has 3 saturated carbocycles. The summed E-state index contributed by atoms with van der Waals surface area (Å²) in [5.74, 6) is 1.33. The van der Waals surface area contributed by atoms with Crippen molar-refractivity contribution < 1.29 is 32.6 Å². The van der Waals surface area contributed by atoms with Crippen LogP contribution in [0.15, 0.2) is 48.5 Å². The van der Waals surface area contributed by atoms with Crippen molar-refractivity contribution in [2.75, 3.05) is 6.61 Å². The van der Waals surface area contributed by atoms with Crippen LogP contribution in [0.25, 0.3) is 11.1 Å². The Hall–Kier alpha value is -3.03. The molecule has 3 aliphatic rings. The topological polar surface area (TPSA) is 89.6 Å². The Kier molecular flexibility index (Phi) is 8.37. The van der Waals surface area contributed by atoms with Crippen molar-refractivity contribution in [2.24, 2.45) is 34.8 Å². The van der Waals surface area contributed by atoms with Crippen LogP contribution < -0.4 is 10.5 Å². The first kappa shape index (κ1) is 27.6. The highest BCUT2D eigenvalue weighted by atomic mass is 19.4. The van der Waals surface area contributed by atoms with E-state index in [-0.39, 0.29) is 0 Å². The van der Waals surface area contributed by atoms with Gasteiger partial charge in [-0.3, -0.25) is 4.79 Å². The highest BCUT2D eigenvalue weighted by molar-refractivity contribution is 5.94. The third-order valence-electron chi connectivity index (χ3n) is 8.08. The first-order valence-corrected chi connectivity index (χ1v) is 12.2. The van der Waals surface area contributed by atoms with E-state index >= 15 is 0 Å². The minimum atomic E-state index is -5.08. The number of nitrogens with two attached hydrogens (primary N) is 1. The Morgan fingerprint density at radius 3 is 2.25 bits per heavy atom. The van der Waals surface area contributed by atoms with E-state index in [2.05, 4.69) is 20.8 Å². The molecular weight excluding hydrogens is 471 g/mol. The fourth-order valence-electron chi connectivity index (χ4n) is 5.77. The molecule has 8 heteroatoms. The Labute approximate surface area is 209 Å². The summed E-state index contributed by atoms with van der Waals surface area (Å²) in [5.41, 5.74) is 8.52. The number of primary amides is 1. The average Bonchev–Trinajstić information content (AvgIpc) is 2.82. The van der Waals surface area contributed by atoms with Crippen LogP contribution in [0, 0.1) is 29.1 Å². The second kappa shape index (κ2) is 10.9. The summed E-state index contributed by atoms with van der Waals surface area (Å²) in [7, 11) is 0. The third-order valence-corrected chi connectivity index (χ3v) is 8.08. The van der Waals surface area contributed by atoms with E-state index < -0.39 is 18.1 Å². The zero-order valence-electron chi connectivity index (χ0n) is 20.8. The SMILES string of the molecule is C[C@@H]1[C@@H](CCCOc2ccc(-c3cccc(C(N)=O)c3)cc2)C[C@H]2C[C@@H]1C2(C)C.O=C(O)C(F)(F)F. The molecule has 5 nitrogen and oxygen atoms in total. The normalized spacial score (nSPS) is 24.1. The van der Waals surface area contributed by atoms with Crippen molar-refractivity contribution >= 4 is 11.9 Å². The lowest BCUT2D eigenvalue weighted by molar-refractivity contribution is -0.192. The first-order chi connectivity index (χ1) is 16.8. The number of ether oxygens (including phenoxy) is 1. The van der Waals surface area contributed by atoms with E-state index in [1.807, 2.05) is 42.5 Å². The van der Waals surface area contributed by atoms with Crippen LogP contribution >= 0.6 is 0 Å². The van der Waals surface area contributed by atoms with Gasteiger partial charge in [0.25, 0.3) is 0 Å². The van der Waals surface area contributed by atoms with Gasteiger partial charge in [-0.25, -0.2) is 4.79 Å². The number of fused-ring (bicyclic) bond motifs is 2. The highest BCUT2D eigenvalue weighted by Crippen LogP contribution is 2.63. The number of halogens is 3. The molecule has 2 aromatic rings. The molecule has 4 atom stereocenters. The molecule has 196 valence electrons. The number of aliphatic carboxylic acids is 1. The van der Waals surface area contributed by atoms with E-state index in [1.54, 1.807) is 6.07 Å². The number of carboxylic acids is 1. The molecule has 3 fully saturated rings. The molecule has 0 saturated heterocycles. The van der Waals surface area contributed by atoms with Gasteiger partial charge in [0.1, 0.15) is 5.75 Å². The Morgan fingerprint density at radius 1 is 1.08 bits per heavy atom. The van der Waals surface area contributed by atoms with Crippen molar-refractivity contribution in [3.05, 3.63) is 54.1 Å². The lowest BCUT2D eigenvalue weighted by Gasteiger charge is -2.62. The summed E-state index contributed by atoms with van der Waals surface area (Å²) < 4.78 is 37.7. The summed E-state index contributed by atoms with van der Waals surface area (Å²) >= 11 is 0. The number of amides is 1. The van der Waals surface area contributed by atoms with Gasteiger partial charge in [-0.2, -0.15) is 13.2 Å². The lowest BCUT2D eigenvalue weighted by Crippen LogP contribution is -2.54. The summed E-state index contributed by atoms with van der Waals surface area (Å²) in [6, 6.07) is 15.5. The zero-order valence-corrected chi connectivity index (χ0v) is 20.8. The summed E-state index contributed by atoms with van der Waals surface area (Å²) in [4.78, 5) is 20.3. The molecule has 3 N–H and O–H groups in total. The van der Waals surface area contributed by atoms with E-state index in [0.717, 1.165) is 53.6 Å². The Morgan fingerprint density at radius 2 is 1.72 bits per heavy atom. The van der Waals surface area contributed by atoms with Crippen LogP contribution in [-0.2, 0) is 4.79 Å². The van der Waals surface area contributed by atoms with Crippen LogP contribution in [-0.4, -0.2) is 29.8 Å². The Bertz CT molecular complexity index is 1070. The molecule has 0 aromatic heterocycles. The quantitative estimate of drug-likeness (QED) is 0.417. The molecule has 0 radical (unpaired) electrons. The standard InChI is InChI=1S/C26H33NO2.C2HF3O2/c1-17-19(15-22-16-24(17)26(22,2)3)8-5-13-29-23-11-9-18(10-12-23)20-6-4-7-21(14-20)25(27)28;3-2(4,5)1(6)7/h4,6-7,9-12,14,17,19,22,24H,5,8,13,15-16H2,1-3H3,(H2,27,28);(H,6,7)/t17-,19+,22+,24+;/m1./s1. The van der Waals surface area contributed by atoms with Crippen molar-refractivity contribution in [1.82, 2.24) is 0 Å². The maximum Gasteiger partial charge on any atom is 0.490 e. The van der Waals surface area contributed by atoms with Crippen molar-refractivity contribution in [2.45, 2.75) is 52.6 Å². The van der Waals surface area contributed by atoms with Gasteiger partial charge in [0, 0.05) is 5.56 Å². The first-order valence-electron chi connectivity index (χ1n) is 12.2. The van der Waals surface area contributed by atoms with Crippen LogP contribution in [0.5, 0.6) is 5.75 Å². The largest absolute Gasteiger partial charge is 0.494 e. The maximum absolute atomic E-state index is 11.4. The van der Waals surface area contributed by atoms with Crippen molar-refractivity contribution in [3.63, 3.8) is 0 Å². The fourth-order valence-corrected chi connectivity index (χ4v) is 5.77. The second-order valence-electron chi connectivity index (χ2n) is 10.5. The number of carbonyl (C=O) groups excluding carboxylic acids is 1. The van der Waals surface area contributed by atoms with Crippen LogP contribution in [0.1, 0.15) is 56.8 Å².